The number of nitrogens with zero attached hydrogens (tertiary/aromatic N) is 1. The smallest absolute Gasteiger partial charge is 0.285 e. The topological polar surface area (TPSA) is 78.8 Å². The van der Waals surface area contributed by atoms with Crippen LogP contribution in [0.25, 0.3) is 21.5 Å². The van der Waals surface area contributed by atoms with Gasteiger partial charge in [0.25, 0.3) is 10.0 Å². The van der Waals surface area contributed by atoms with Crippen molar-refractivity contribution in [1.29, 1.82) is 0 Å². The third kappa shape index (κ3) is 4.83. The first-order chi connectivity index (χ1) is 18.5. The van der Waals surface area contributed by atoms with Crippen molar-refractivity contribution in [2.24, 2.45) is 16.2 Å². The quantitative estimate of drug-likeness (QED) is 0.276. The highest BCUT2D eigenvalue weighted by Crippen LogP contribution is 2.41. The number of aryl methyl sites for hydroxylation is 1. The second-order valence-electron chi connectivity index (χ2n) is 10.8. The molecule has 2 N–H and O–H groups in total. The zero-order chi connectivity index (χ0) is 26.1. The Bertz CT molecular complexity index is 1620. The number of hydrogen-bond donors (Lipinski definition) is 2. The number of anilines is 1. The summed E-state index contributed by atoms with van der Waals surface area (Å²) >= 11 is 0. The monoisotopic (exact) mass is 526 g/mol. The van der Waals surface area contributed by atoms with E-state index in [0.717, 1.165) is 17.4 Å². The summed E-state index contributed by atoms with van der Waals surface area (Å²) in [5, 5.41) is 17.6. The molecule has 3 aliphatic rings. The largest absolute Gasteiger partial charge is 0.392 e. The molecule has 0 spiro atoms. The Morgan fingerprint density at radius 2 is 1.63 bits per heavy atom. The fraction of sp³-hybridized carbons (Fsp3) is 0.344. The lowest BCUT2D eigenvalue weighted by Crippen LogP contribution is -2.24. The van der Waals surface area contributed by atoms with Crippen LogP contribution >= 0.6 is 0 Å². The maximum atomic E-state index is 11.2. The van der Waals surface area contributed by atoms with E-state index in [4.69, 9.17) is 0 Å². The van der Waals surface area contributed by atoms with Crippen LogP contribution in [-0.2, 0) is 29.5 Å². The van der Waals surface area contributed by atoms with Gasteiger partial charge in [0, 0.05) is 0 Å². The van der Waals surface area contributed by atoms with Crippen molar-refractivity contribution in [2.45, 2.75) is 62.9 Å². The molecular formula is C32H34N2O3S. The fourth-order valence-electron chi connectivity index (χ4n) is 6.62. The molecule has 0 amide bonds. The Labute approximate surface area is 224 Å². The van der Waals surface area contributed by atoms with Gasteiger partial charge in [-0.1, -0.05) is 80.6 Å². The van der Waals surface area contributed by atoms with Crippen molar-refractivity contribution >= 4 is 43.6 Å². The number of hydrogen-bond acceptors (Lipinski definition) is 4. The molecule has 1 saturated carbocycles. The highest BCUT2D eigenvalue weighted by Gasteiger charge is 2.28. The van der Waals surface area contributed by atoms with Crippen LogP contribution in [0.1, 0.15) is 55.2 Å². The van der Waals surface area contributed by atoms with Crippen LogP contribution in [0.15, 0.2) is 76.0 Å². The Balaban J connectivity index is 0.000000184. The Morgan fingerprint density at radius 1 is 0.842 bits per heavy atom. The first kappa shape index (κ1) is 25.1. The van der Waals surface area contributed by atoms with Gasteiger partial charge < -0.3 is 10.4 Å². The molecule has 4 aromatic carbocycles. The minimum absolute atomic E-state index is 0.112. The molecule has 0 saturated heterocycles. The third-order valence-corrected chi connectivity index (χ3v) is 9.91. The second-order valence-corrected chi connectivity index (χ2v) is 12.4. The molecule has 0 aromatic heterocycles. The summed E-state index contributed by atoms with van der Waals surface area (Å²) in [4.78, 5) is 0.229. The van der Waals surface area contributed by atoms with E-state index in [2.05, 4.69) is 52.2 Å². The standard InChI is InChI=1S/C25H28O.C7H6N2O2S/c26-16-17-6-11-22-21(14-17)10-13-24-23(22)12-9-19-7-8-20(15-25(19)24)18-4-2-1-3-5-18;10-12(11)7-4-2-1-3-6(7)8-5-9-12/h6,9-14,18,20,26H,1-5,7-8,15-16H2;1-5H,(H,8,9). The second kappa shape index (κ2) is 10.5. The maximum absolute atomic E-state index is 11.2. The average Bonchev–Trinajstić information content (AvgIpc) is 2.97. The minimum atomic E-state index is -3.44. The zero-order valence-electron chi connectivity index (χ0n) is 21.6. The minimum Gasteiger partial charge on any atom is -0.392 e. The molecule has 6 heteroatoms. The van der Waals surface area contributed by atoms with Gasteiger partial charge in [-0.3, -0.25) is 0 Å². The number of nitrogens with one attached hydrogen (secondary N) is 1. The van der Waals surface area contributed by atoms with Crippen LogP contribution in [0.3, 0.4) is 0 Å². The summed E-state index contributed by atoms with van der Waals surface area (Å²) in [6.07, 6.45) is 12.3. The number of aliphatic hydroxyl groups excluding tert-OH is 1. The van der Waals surface area contributed by atoms with Crippen LogP contribution in [-0.4, -0.2) is 19.9 Å². The van der Waals surface area contributed by atoms with Gasteiger partial charge in [-0.05, 0) is 87.5 Å². The van der Waals surface area contributed by atoms with E-state index >= 15 is 0 Å². The van der Waals surface area contributed by atoms with Gasteiger partial charge in [0.2, 0.25) is 0 Å². The van der Waals surface area contributed by atoms with Crippen molar-refractivity contribution in [3.8, 4) is 0 Å². The highest BCUT2D eigenvalue weighted by atomic mass is 32.2. The van der Waals surface area contributed by atoms with Gasteiger partial charge in [-0.15, -0.1) is 4.40 Å². The molecule has 0 radical (unpaired) electrons. The van der Waals surface area contributed by atoms with Crippen molar-refractivity contribution in [2.75, 3.05) is 5.32 Å². The summed E-state index contributed by atoms with van der Waals surface area (Å²) in [7, 11) is -3.44. The molecule has 196 valence electrons. The molecular weight excluding hydrogens is 492 g/mol. The number of rotatable bonds is 2. The molecule has 5 nitrogen and oxygen atoms in total. The Kier molecular flexibility index (Phi) is 6.93. The first-order valence-corrected chi connectivity index (χ1v) is 15.2. The molecule has 0 bridgehead atoms. The normalized spacial score (nSPS) is 20.2. The molecule has 1 atom stereocenters. The van der Waals surface area contributed by atoms with Gasteiger partial charge in [-0.2, -0.15) is 8.42 Å². The van der Waals surface area contributed by atoms with E-state index in [1.165, 1.54) is 85.3 Å². The van der Waals surface area contributed by atoms with E-state index < -0.39 is 10.0 Å². The molecule has 1 heterocycles. The summed E-state index contributed by atoms with van der Waals surface area (Å²) in [6, 6.07) is 22.3. The number of sulfonamides is 1. The summed E-state index contributed by atoms with van der Waals surface area (Å²) in [6.45, 7) is 0.112. The first-order valence-electron chi connectivity index (χ1n) is 13.7. The van der Waals surface area contributed by atoms with E-state index in [1.807, 2.05) is 0 Å². The lowest BCUT2D eigenvalue weighted by Gasteiger charge is -2.34. The van der Waals surface area contributed by atoms with Gasteiger partial charge in [0.1, 0.15) is 11.2 Å². The molecule has 2 aliphatic carbocycles. The lowest BCUT2D eigenvalue weighted by atomic mass is 9.71. The van der Waals surface area contributed by atoms with Crippen LogP contribution < -0.4 is 5.32 Å². The third-order valence-electron chi connectivity index (χ3n) is 8.62. The fourth-order valence-corrected chi connectivity index (χ4v) is 7.58. The van der Waals surface area contributed by atoms with Gasteiger partial charge >= 0.3 is 0 Å². The lowest BCUT2D eigenvalue weighted by molar-refractivity contribution is 0.228. The maximum Gasteiger partial charge on any atom is 0.285 e. The van der Waals surface area contributed by atoms with Crippen molar-refractivity contribution in [3.05, 3.63) is 83.4 Å². The molecule has 1 fully saturated rings. The predicted molar refractivity (Wildman–Crippen MR) is 155 cm³/mol. The SMILES string of the molecule is O=S1(=O)N=CNc2ccccc21.OCc1ccc2c(ccc3c4c(ccc32)CCC(C2CCCCC2)C4)c1. The van der Waals surface area contributed by atoms with Crippen molar-refractivity contribution < 1.29 is 13.5 Å². The number of para-hydroxylation sites is 1. The molecule has 1 unspecified atom stereocenters. The number of benzene rings is 4. The van der Waals surface area contributed by atoms with Crippen LogP contribution in [0, 0.1) is 11.8 Å². The molecule has 7 rings (SSSR count). The van der Waals surface area contributed by atoms with Crippen molar-refractivity contribution in [1.82, 2.24) is 0 Å². The Morgan fingerprint density at radius 3 is 2.45 bits per heavy atom. The average molecular weight is 527 g/mol. The van der Waals surface area contributed by atoms with E-state index in [1.54, 1.807) is 29.3 Å². The van der Waals surface area contributed by atoms with Gasteiger partial charge in [0.05, 0.1) is 12.3 Å². The van der Waals surface area contributed by atoms with Crippen LogP contribution in [0.4, 0.5) is 5.69 Å². The van der Waals surface area contributed by atoms with E-state index in [-0.39, 0.29) is 11.5 Å². The van der Waals surface area contributed by atoms with Crippen molar-refractivity contribution in [3.63, 3.8) is 0 Å². The molecule has 38 heavy (non-hydrogen) atoms. The molecule has 4 aromatic rings. The van der Waals surface area contributed by atoms with E-state index in [9.17, 15) is 13.5 Å². The van der Waals surface area contributed by atoms with Crippen LogP contribution in [0.5, 0.6) is 0 Å². The summed E-state index contributed by atoms with van der Waals surface area (Å²) in [5.41, 5.74) is 4.77. The predicted octanol–water partition coefficient (Wildman–Crippen LogP) is 7.00. The number of fused-ring (bicyclic) bond motifs is 6. The Hall–Kier alpha value is -3.22. The molecule has 1 aliphatic heterocycles. The summed E-state index contributed by atoms with van der Waals surface area (Å²) < 4.78 is 25.8. The number of aliphatic hydroxyl groups is 1. The summed E-state index contributed by atoms with van der Waals surface area (Å²) in [5.74, 6) is 1.85. The van der Waals surface area contributed by atoms with E-state index in [0.29, 0.717) is 5.69 Å². The van der Waals surface area contributed by atoms with Gasteiger partial charge in [-0.25, -0.2) is 0 Å². The zero-order valence-corrected chi connectivity index (χ0v) is 22.4. The van der Waals surface area contributed by atoms with Gasteiger partial charge in [0.15, 0.2) is 0 Å². The van der Waals surface area contributed by atoms with Crippen LogP contribution in [0.2, 0.25) is 0 Å². The highest BCUT2D eigenvalue weighted by molar-refractivity contribution is 7.90.